The number of nitrogens with zero attached hydrogens (tertiary/aromatic N) is 1. The van der Waals surface area contributed by atoms with E-state index in [1.54, 1.807) is 11.3 Å². The predicted octanol–water partition coefficient (Wildman–Crippen LogP) is 2.66. The maximum atomic E-state index is 12.6. The second-order valence-electron chi connectivity index (χ2n) is 6.76. The second-order valence-corrected chi connectivity index (χ2v) is 7.87. The highest BCUT2D eigenvalue weighted by molar-refractivity contribution is 7.16. The first-order chi connectivity index (χ1) is 12.7. The molecule has 2 aromatic rings. The summed E-state index contributed by atoms with van der Waals surface area (Å²) in [6.45, 7) is 2.18. The number of rotatable bonds is 2. The van der Waals surface area contributed by atoms with E-state index in [2.05, 4.69) is 22.6 Å². The molecule has 0 aliphatic carbocycles. The SMILES string of the molecule is CN1CCc2c(sc3c2C(=O)NC(/C=C\c2ccc4c(c2)OCO4)N3)C1. The summed E-state index contributed by atoms with van der Waals surface area (Å²) in [5, 5.41) is 7.47. The summed E-state index contributed by atoms with van der Waals surface area (Å²) in [5.74, 6) is 1.54. The minimum atomic E-state index is -0.224. The lowest BCUT2D eigenvalue weighted by Crippen LogP contribution is -2.43. The molecule has 26 heavy (non-hydrogen) atoms. The lowest BCUT2D eigenvalue weighted by molar-refractivity contribution is 0.0942. The summed E-state index contributed by atoms with van der Waals surface area (Å²) in [6, 6.07) is 5.81. The van der Waals surface area contributed by atoms with Gasteiger partial charge < -0.3 is 25.0 Å². The number of ether oxygens (including phenoxy) is 2. The van der Waals surface area contributed by atoms with E-state index in [4.69, 9.17) is 9.47 Å². The van der Waals surface area contributed by atoms with Crippen molar-refractivity contribution in [2.45, 2.75) is 19.1 Å². The lowest BCUT2D eigenvalue weighted by atomic mass is 10.0. The molecule has 0 saturated carbocycles. The van der Waals surface area contributed by atoms with E-state index in [9.17, 15) is 4.79 Å². The zero-order valence-electron chi connectivity index (χ0n) is 14.4. The highest BCUT2D eigenvalue weighted by atomic mass is 32.1. The van der Waals surface area contributed by atoms with Gasteiger partial charge in [0.15, 0.2) is 11.5 Å². The number of carbonyl (C=O) groups excluding carboxylic acids is 1. The Balaban J connectivity index is 1.37. The molecule has 1 aromatic carbocycles. The minimum absolute atomic E-state index is 0.0149. The Morgan fingerprint density at radius 2 is 2.15 bits per heavy atom. The van der Waals surface area contributed by atoms with Gasteiger partial charge in [-0.3, -0.25) is 4.79 Å². The van der Waals surface area contributed by atoms with Gasteiger partial charge in [0.2, 0.25) is 6.79 Å². The Bertz CT molecular complexity index is 921. The number of carbonyl (C=O) groups is 1. The van der Waals surface area contributed by atoms with Crippen molar-refractivity contribution in [3.8, 4) is 11.5 Å². The van der Waals surface area contributed by atoms with Crippen LogP contribution in [-0.4, -0.2) is 37.4 Å². The van der Waals surface area contributed by atoms with Gasteiger partial charge in [-0.25, -0.2) is 0 Å². The molecule has 0 radical (unpaired) electrons. The molecule has 1 atom stereocenters. The lowest BCUT2D eigenvalue weighted by Gasteiger charge is -2.25. The van der Waals surface area contributed by atoms with Crippen LogP contribution in [0, 0.1) is 0 Å². The molecule has 1 amide bonds. The predicted molar refractivity (Wildman–Crippen MR) is 101 cm³/mol. The van der Waals surface area contributed by atoms with Crippen molar-refractivity contribution in [3.63, 3.8) is 0 Å². The zero-order valence-corrected chi connectivity index (χ0v) is 15.2. The van der Waals surface area contributed by atoms with Crippen molar-refractivity contribution in [2.24, 2.45) is 0 Å². The van der Waals surface area contributed by atoms with Crippen molar-refractivity contribution in [1.82, 2.24) is 10.2 Å². The van der Waals surface area contributed by atoms with Gasteiger partial charge in [-0.05, 0) is 42.8 Å². The molecular weight excluding hydrogens is 350 g/mol. The average molecular weight is 369 g/mol. The molecule has 3 aliphatic rings. The van der Waals surface area contributed by atoms with Crippen LogP contribution in [0.15, 0.2) is 24.3 Å². The number of thiophene rings is 1. The van der Waals surface area contributed by atoms with Crippen LogP contribution in [0.4, 0.5) is 5.00 Å². The Morgan fingerprint density at radius 3 is 3.08 bits per heavy atom. The molecular formula is C19H19N3O3S. The van der Waals surface area contributed by atoms with Gasteiger partial charge in [-0.15, -0.1) is 11.3 Å². The third-order valence-electron chi connectivity index (χ3n) is 4.93. The Hall–Kier alpha value is -2.51. The summed E-state index contributed by atoms with van der Waals surface area (Å²) in [6.07, 6.45) is 4.65. The van der Waals surface area contributed by atoms with Crippen molar-refractivity contribution >= 4 is 28.3 Å². The fourth-order valence-electron chi connectivity index (χ4n) is 3.58. The van der Waals surface area contributed by atoms with Crippen molar-refractivity contribution < 1.29 is 14.3 Å². The molecule has 0 fully saturated rings. The summed E-state index contributed by atoms with van der Waals surface area (Å²) in [7, 11) is 2.12. The third-order valence-corrected chi connectivity index (χ3v) is 6.07. The number of likely N-dealkylation sites (N-methyl/N-ethyl adjacent to an activating group) is 1. The van der Waals surface area contributed by atoms with Crippen molar-refractivity contribution in [2.75, 3.05) is 25.7 Å². The van der Waals surface area contributed by atoms with Gasteiger partial charge in [0.05, 0.1) is 5.56 Å². The molecule has 3 aliphatic heterocycles. The quantitative estimate of drug-likeness (QED) is 0.852. The Kier molecular flexibility index (Phi) is 3.65. The second kappa shape index (κ2) is 6.03. The molecule has 1 unspecified atom stereocenters. The van der Waals surface area contributed by atoms with Gasteiger partial charge in [-0.1, -0.05) is 12.1 Å². The van der Waals surface area contributed by atoms with Crippen LogP contribution in [-0.2, 0) is 13.0 Å². The third kappa shape index (κ3) is 2.64. The molecule has 4 heterocycles. The summed E-state index contributed by atoms with van der Waals surface area (Å²) in [5.41, 5.74) is 3.06. The number of hydrogen-bond acceptors (Lipinski definition) is 6. The molecule has 0 saturated heterocycles. The normalized spacial score (nSPS) is 21.3. The van der Waals surface area contributed by atoms with E-state index in [0.717, 1.165) is 47.1 Å². The number of hydrogen-bond donors (Lipinski definition) is 2. The Labute approximate surface area is 155 Å². The van der Waals surface area contributed by atoms with Crippen LogP contribution in [0.3, 0.4) is 0 Å². The standard InChI is InChI=1S/C19H19N3O3S/c1-22-7-6-12-15(9-22)26-19-17(12)18(23)20-16(21-19)5-3-11-2-4-13-14(8-11)25-10-24-13/h2-5,8,16,21H,6-7,9-10H2,1H3,(H,20,23)/b5-3-. The first-order valence-corrected chi connectivity index (χ1v) is 9.47. The molecule has 2 N–H and O–H groups in total. The van der Waals surface area contributed by atoms with Crippen molar-refractivity contribution in [3.05, 3.63) is 45.8 Å². The first-order valence-electron chi connectivity index (χ1n) is 8.66. The molecule has 0 spiro atoms. The van der Waals surface area contributed by atoms with Crippen molar-refractivity contribution in [1.29, 1.82) is 0 Å². The topological polar surface area (TPSA) is 62.8 Å². The first kappa shape index (κ1) is 15.7. The summed E-state index contributed by atoms with van der Waals surface area (Å²) < 4.78 is 10.7. The van der Waals surface area contributed by atoms with Gasteiger partial charge in [0.1, 0.15) is 11.2 Å². The van der Waals surface area contributed by atoms with E-state index < -0.39 is 0 Å². The minimum Gasteiger partial charge on any atom is -0.454 e. The van der Waals surface area contributed by atoms with Crippen LogP contribution in [0.5, 0.6) is 11.5 Å². The summed E-state index contributed by atoms with van der Waals surface area (Å²) in [4.78, 5) is 16.2. The fraction of sp³-hybridized carbons (Fsp3) is 0.316. The number of nitrogens with one attached hydrogen (secondary N) is 2. The molecule has 134 valence electrons. The molecule has 5 rings (SSSR count). The van der Waals surface area contributed by atoms with E-state index in [-0.39, 0.29) is 18.9 Å². The summed E-state index contributed by atoms with van der Waals surface area (Å²) >= 11 is 1.70. The molecule has 0 bridgehead atoms. The molecule has 1 aromatic heterocycles. The average Bonchev–Trinajstić information content (AvgIpc) is 3.22. The van der Waals surface area contributed by atoms with E-state index in [0.29, 0.717) is 0 Å². The maximum absolute atomic E-state index is 12.6. The smallest absolute Gasteiger partial charge is 0.256 e. The number of amides is 1. The van der Waals surface area contributed by atoms with E-state index in [1.807, 2.05) is 30.4 Å². The van der Waals surface area contributed by atoms with Crippen LogP contribution < -0.4 is 20.1 Å². The monoisotopic (exact) mass is 369 g/mol. The Morgan fingerprint density at radius 1 is 1.27 bits per heavy atom. The van der Waals surface area contributed by atoms with Gasteiger partial charge in [0, 0.05) is 18.0 Å². The van der Waals surface area contributed by atoms with Crippen LogP contribution in [0.2, 0.25) is 0 Å². The van der Waals surface area contributed by atoms with Crippen LogP contribution in [0.25, 0.3) is 6.08 Å². The number of anilines is 1. The van der Waals surface area contributed by atoms with Crippen LogP contribution >= 0.6 is 11.3 Å². The van der Waals surface area contributed by atoms with Gasteiger partial charge >= 0.3 is 0 Å². The molecule has 6 nitrogen and oxygen atoms in total. The van der Waals surface area contributed by atoms with E-state index in [1.165, 1.54) is 10.4 Å². The van der Waals surface area contributed by atoms with Gasteiger partial charge in [0.25, 0.3) is 5.91 Å². The largest absolute Gasteiger partial charge is 0.454 e. The highest BCUT2D eigenvalue weighted by Crippen LogP contribution is 2.39. The zero-order chi connectivity index (χ0) is 17.7. The number of fused-ring (bicyclic) bond motifs is 4. The molecule has 7 heteroatoms. The van der Waals surface area contributed by atoms with E-state index >= 15 is 0 Å². The fourth-order valence-corrected chi connectivity index (χ4v) is 4.95. The maximum Gasteiger partial charge on any atom is 0.256 e. The van der Waals surface area contributed by atoms with Gasteiger partial charge in [-0.2, -0.15) is 0 Å². The highest BCUT2D eigenvalue weighted by Gasteiger charge is 2.31. The van der Waals surface area contributed by atoms with Crippen LogP contribution in [0.1, 0.15) is 26.4 Å². The number of benzene rings is 1.